The molecule has 1 aliphatic heterocycles. The van der Waals surface area contributed by atoms with Gasteiger partial charge in [-0.2, -0.15) is 5.26 Å². The molecular weight excluding hydrogens is 232 g/mol. The second kappa shape index (κ2) is 4.96. The standard InChI is InChI=1S/C13H14N2O3/c1-15(2)13(16)10(7-14)5-9-3-4-11-12(6-9)18-8-17-11/h3-4,6,10H,5,8H2,1-2H3. The van der Waals surface area contributed by atoms with Crippen molar-refractivity contribution in [1.82, 2.24) is 4.90 Å². The van der Waals surface area contributed by atoms with E-state index in [1.165, 1.54) is 4.90 Å². The van der Waals surface area contributed by atoms with Crippen LogP contribution in [0.4, 0.5) is 0 Å². The molecule has 94 valence electrons. The van der Waals surface area contributed by atoms with Crippen LogP contribution in [0.1, 0.15) is 5.56 Å². The first-order valence-electron chi connectivity index (χ1n) is 5.61. The highest BCUT2D eigenvalue weighted by Gasteiger charge is 2.21. The smallest absolute Gasteiger partial charge is 0.239 e. The van der Waals surface area contributed by atoms with Crippen LogP contribution >= 0.6 is 0 Å². The Morgan fingerprint density at radius 2 is 2.17 bits per heavy atom. The average molecular weight is 246 g/mol. The van der Waals surface area contributed by atoms with Gasteiger partial charge in [-0.15, -0.1) is 0 Å². The maximum Gasteiger partial charge on any atom is 0.239 e. The lowest BCUT2D eigenvalue weighted by atomic mass is 9.99. The number of hydrogen-bond donors (Lipinski definition) is 0. The van der Waals surface area contributed by atoms with Crippen LogP contribution in [0.2, 0.25) is 0 Å². The molecule has 0 spiro atoms. The van der Waals surface area contributed by atoms with Gasteiger partial charge in [0.15, 0.2) is 11.5 Å². The molecule has 1 unspecified atom stereocenters. The summed E-state index contributed by atoms with van der Waals surface area (Å²) >= 11 is 0. The Hall–Kier alpha value is -2.22. The summed E-state index contributed by atoms with van der Waals surface area (Å²) in [6, 6.07) is 7.50. The van der Waals surface area contributed by atoms with Crippen LogP contribution in [0.25, 0.3) is 0 Å². The fraction of sp³-hybridized carbons (Fsp3) is 0.385. The number of carbonyl (C=O) groups is 1. The minimum atomic E-state index is -0.666. The highest BCUT2D eigenvalue weighted by atomic mass is 16.7. The van der Waals surface area contributed by atoms with Gasteiger partial charge in [0, 0.05) is 14.1 Å². The number of hydrogen-bond acceptors (Lipinski definition) is 4. The number of rotatable bonds is 3. The minimum Gasteiger partial charge on any atom is -0.454 e. The molecule has 0 N–H and O–H groups in total. The molecule has 0 saturated heterocycles. The molecule has 5 nitrogen and oxygen atoms in total. The molecule has 0 fully saturated rings. The summed E-state index contributed by atoms with van der Waals surface area (Å²) in [4.78, 5) is 13.2. The monoisotopic (exact) mass is 246 g/mol. The van der Waals surface area contributed by atoms with Gasteiger partial charge < -0.3 is 14.4 Å². The first-order chi connectivity index (χ1) is 8.61. The summed E-state index contributed by atoms with van der Waals surface area (Å²) in [5.41, 5.74) is 0.890. The predicted molar refractivity (Wildman–Crippen MR) is 64.1 cm³/mol. The second-order valence-corrected chi connectivity index (χ2v) is 4.31. The van der Waals surface area contributed by atoms with E-state index in [1.54, 1.807) is 20.2 Å². The van der Waals surface area contributed by atoms with E-state index in [0.29, 0.717) is 17.9 Å². The number of carbonyl (C=O) groups excluding carboxylic acids is 1. The maximum atomic E-state index is 11.8. The van der Waals surface area contributed by atoms with E-state index < -0.39 is 5.92 Å². The van der Waals surface area contributed by atoms with Crippen molar-refractivity contribution in [2.45, 2.75) is 6.42 Å². The van der Waals surface area contributed by atoms with Gasteiger partial charge in [-0.1, -0.05) is 6.07 Å². The highest BCUT2D eigenvalue weighted by Crippen LogP contribution is 2.33. The second-order valence-electron chi connectivity index (χ2n) is 4.31. The van der Waals surface area contributed by atoms with E-state index >= 15 is 0 Å². The largest absolute Gasteiger partial charge is 0.454 e. The zero-order valence-electron chi connectivity index (χ0n) is 10.3. The molecule has 1 amide bonds. The summed E-state index contributed by atoms with van der Waals surface area (Å²) in [5, 5.41) is 9.05. The van der Waals surface area contributed by atoms with E-state index in [2.05, 4.69) is 0 Å². The lowest BCUT2D eigenvalue weighted by Crippen LogP contribution is -2.30. The summed E-state index contributed by atoms with van der Waals surface area (Å²) in [7, 11) is 3.29. The van der Waals surface area contributed by atoms with E-state index in [9.17, 15) is 4.79 Å². The van der Waals surface area contributed by atoms with E-state index in [0.717, 1.165) is 5.56 Å². The lowest BCUT2D eigenvalue weighted by molar-refractivity contribution is -0.131. The number of amides is 1. The van der Waals surface area contributed by atoms with Crippen molar-refractivity contribution < 1.29 is 14.3 Å². The van der Waals surface area contributed by atoms with Crippen LogP contribution in [0.3, 0.4) is 0 Å². The zero-order valence-corrected chi connectivity index (χ0v) is 10.3. The Labute approximate surface area is 106 Å². The lowest BCUT2D eigenvalue weighted by Gasteiger charge is -2.14. The van der Waals surface area contributed by atoms with Gasteiger partial charge in [0.2, 0.25) is 12.7 Å². The van der Waals surface area contributed by atoms with Crippen LogP contribution in [0.5, 0.6) is 11.5 Å². The van der Waals surface area contributed by atoms with Crippen molar-refractivity contribution in [3.05, 3.63) is 23.8 Å². The summed E-state index contributed by atoms with van der Waals surface area (Å²) in [6.45, 7) is 0.219. The number of benzene rings is 1. The first kappa shape index (κ1) is 12.2. The Bertz CT molecular complexity index is 505. The molecule has 0 aromatic heterocycles. The third-order valence-corrected chi connectivity index (χ3v) is 2.77. The molecule has 2 rings (SSSR count). The van der Waals surface area contributed by atoms with Crippen LogP contribution < -0.4 is 9.47 Å². The first-order valence-corrected chi connectivity index (χ1v) is 5.61. The van der Waals surface area contributed by atoms with Crippen LogP contribution in [-0.4, -0.2) is 31.7 Å². The topological polar surface area (TPSA) is 62.6 Å². The minimum absolute atomic E-state index is 0.185. The van der Waals surface area contributed by atoms with Crippen molar-refractivity contribution in [2.24, 2.45) is 5.92 Å². The molecule has 18 heavy (non-hydrogen) atoms. The summed E-state index contributed by atoms with van der Waals surface area (Å²) < 4.78 is 10.5. The van der Waals surface area contributed by atoms with Gasteiger partial charge in [-0.25, -0.2) is 0 Å². The molecular formula is C13H14N2O3. The number of nitriles is 1. The van der Waals surface area contributed by atoms with Gasteiger partial charge in [0.25, 0.3) is 0 Å². The third-order valence-electron chi connectivity index (χ3n) is 2.77. The van der Waals surface area contributed by atoms with Gasteiger partial charge in [0.05, 0.1) is 6.07 Å². The predicted octanol–water partition coefficient (Wildman–Crippen LogP) is 1.19. The van der Waals surface area contributed by atoms with Crippen LogP contribution in [0.15, 0.2) is 18.2 Å². The van der Waals surface area contributed by atoms with Crippen molar-refractivity contribution in [3.8, 4) is 17.6 Å². The zero-order chi connectivity index (χ0) is 13.1. The number of ether oxygens (including phenoxy) is 2. The molecule has 1 atom stereocenters. The fourth-order valence-electron chi connectivity index (χ4n) is 1.80. The van der Waals surface area contributed by atoms with E-state index in [4.69, 9.17) is 14.7 Å². The number of nitrogens with zero attached hydrogens (tertiary/aromatic N) is 2. The summed E-state index contributed by atoms with van der Waals surface area (Å²) in [6.07, 6.45) is 0.379. The summed E-state index contributed by atoms with van der Waals surface area (Å²) in [5.74, 6) is 0.517. The molecule has 1 heterocycles. The van der Waals surface area contributed by atoms with Gasteiger partial charge in [-0.05, 0) is 24.1 Å². The highest BCUT2D eigenvalue weighted by molar-refractivity contribution is 5.81. The van der Waals surface area contributed by atoms with Gasteiger partial charge in [0.1, 0.15) is 5.92 Å². The molecule has 0 aliphatic carbocycles. The Morgan fingerprint density at radius 1 is 1.44 bits per heavy atom. The molecule has 1 aromatic carbocycles. The van der Waals surface area contributed by atoms with E-state index in [-0.39, 0.29) is 12.7 Å². The normalized spacial score (nSPS) is 13.8. The molecule has 5 heteroatoms. The molecule has 0 bridgehead atoms. The molecule has 1 aliphatic rings. The van der Waals surface area contributed by atoms with E-state index in [1.807, 2.05) is 18.2 Å². The SMILES string of the molecule is CN(C)C(=O)C(C#N)Cc1ccc2c(c1)OCO2. The Morgan fingerprint density at radius 3 is 2.83 bits per heavy atom. The van der Waals surface area contributed by atoms with Crippen molar-refractivity contribution in [1.29, 1.82) is 5.26 Å². The maximum absolute atomic E-state index is 11.8. The quantitative estimate of drug-likeness (QED) is 0.803. The van der Waals surface area contributed by atoms with Gasteiger partial charge >= 0.3 is 0 Å². The molecule has 0 saturated carbocycles. The van der Waals surface area contributed by atoms with Crippen LogP contribution in [0, 0.1) is 17.2 Å². The third kappa shape index (κ3) is 2.38. The van der Waals surface area contributed by atoms with Crippen LogP contribution in [-0.2, 0) is 11.2 Å². The molecule has 0 radical (unpaired) electrons. The fourth-order valence-corrected chi connectivity index (χ4v) is 1.80. The Balaban J connectivity index is 2.13. The molecule has 1 aromatic rings. The van der Waals surface area contributed by atoms with Crippen molar-refractivity contribution in [3.63, 3.8) is 0 Å². The Kier molecular flexibility index (Phi) is 3.38. The average Bonchev–Trinajstić information content (AvgIpc) is 2.82. The van der Waals surface area contributed by atoms with Crippen molar-refractivity contribution in [2.75, 3.05) is 20.9 Å². The van der Waals surface area contributed by atoms with Gasteiger partial charge in [-0.3, -0.25) is 4.79 Å². The van der Waals surface area contributed by atoms with Crippen molar-refractivity contribution >= 4 is 5.91 Å². The number of fused-ring (bicyclic) bond motifs is 1.